The molecule has 3 rings (SSSR count). The lowest BCUT2D eigenvalue weighted by Crippen LogP contribution is -2.22. The standard InChI is InChI=1S/C16H25N3O2/c20-14-7-3-6-13(14)8-18-15-9-17-10-16(19-15)21-11-12-4-1-2-5-12/h9-10,12-14,20H,1-8,11H2,(H,18,19). The Balaban J connectivity index is 1.48. The summed E-state index contributed by atoms with van der Waals surface area (Å²) in [6.07, 6.45) is 11.5. The molecule has 1 aromatic rings. The van der Waals surface area contributed by atoms with Crippen LogP contribution in [0.1, 0.15) is 44.9 Å². The normalized spacial score (nSPS) is 26.1. The molecule has 1 aromatic heterocycles. The quantitative estimate of drug-likeness (QED) is 0.843. The Morgan fingerprint density at radius 1 is 1.14 bits per heavy atom. The first kappa shape index (κ1) is 14.6. The smallest absolute Gasteiger partial charge is 0.234 e. The van der Waals surface area contributed by atoms with Crippen molar-refractivity contribution >= 4 is 5.82 Å². The maximum absolute atomic E-state index is 9.83. The summed E-state index contributed by atoms with van der Waals surface area (Å²) in [5.41, 5.74) is 0. The number of aromatic nitrogens is 2. The predicted octanol–water partition coefficient (Wildman–Crippen LogP) is 2.62. The molecule has 2 atom stereocenters. The minimum atomic E-state index is -0.174. The van der Waals surface area contributed by atoms with E-state index in [0.29, 0.717) is 17.7 Å². The van der Waals surface area contributed by atoms with Gasteiger partial charge < -0.3 is 15.2 Å². The largest absolute Gasteiger partial charge is 0.476 e. The summed E-state index contributed by atoms with van der Waals surface area (Å²) < 4.78 is 5.76. The third kappa shape index (κ3) is 4.06. The Morgan fingerprint density at radius 2 is 2.00 bits per heavy atom. The van der Waals surface area contributed by atoms with Crippen molar-refractivity contribution in [3.63, 3.8) is 0 Å². The molecule has 2 fully saturated rings. The number of aliphatic hydroxyl groups excluding tert-OH is 1. The second-order valence-corrected chi connectivity index (χ2v) is 6.34. The molecule has 5 nitrogen and oxygen atoms in total. The molecular formula is C16H25N3O2. The van der Waals surface area contributed by atoms with Crippen LogP contribution in [0.5, 0.6) is 5.88 Å². The lowest BCUT2D eigenvalue weighted by atomic mass is 10.1. The summed E-state index contributed by atoms with van der Waals surface area (Å²) in [5.74, 6) is 2.34. The fourth-order valence-corrected chi connectivity index (χ4v) is 3.37. The van der Waals surface area contributed by atoms with Crippen LogP contribution in [0.2, 0.25) is 0 Å². The number of hydrogen-bond acceptors (Lipinski definition) is 5. The van der Waals surface area contributed by atoms with Crippen molar-refractivity contribution in [1.82, 2.24) is 9.97 Å². The molecule has 2 aliphatic carbocycles. The molecule has 0 bridgehead atoms. The Bertz CT molecular complexity index is 449. The molecular weight excluding hydrogens is 266 g/mol. The molecule has 2 N–H and O–H groups in total. The van der Waals surface area contributed by atoms with E-state index in [-0.39, 0.29) is 6.10 Å². The van der Waals surface area contributed by atoms with Crippen molar-refractivity contribution in [3.8, 4) is 5.88 Å². The Labute approximate surface area is 126 Å². The summed E-state index contributed by atoms with van der Waals surface area (Å²) in [6, 6.07) is 0. The molecule has 2 aliphatic rings. The van der Waals surface area contributed by atoms with Gasteiger partial charge in [0, 0.05) is 12.5 Å². The number of nitrogens with zero attached hydrogens (tertiary/aromatic N) is 2. The first-order valence-electron chi connectivity index (χ1n) is 8.18. The van der Waals surface area contributed by atoms with E-state index in [0.717, 1.165) is 38.2 Å². The van der Waals surface area contributed by atoms with Crippen molar-refractivity contribution in [2.75, 3.05) is 18.5 Å². The summed E-state index contributed by atoms with van der Waals surface area (Å²) in [4.78, 5) is 8.62. The molecule has 0 saturated heterocycles. The second kappa shape index (κ2) is 7.07. The molecule has 1 heterocycles. The van der Waals surface area contributed by atoms with Gasteiger partial charge >= 0.3 is 0 Å². The van der Waals surface area contributed by atoms with Gasteiger partial charge in [0.1, 0.15) is 5.82 Å². The average Bonchev–Trinajstić information content (AvgIpc) is 3.15. The van der Waals surface area contributed by atoms with Gasteiger partial charge in [-0.15, -0.1) is 0 Å². The van der Waals surface area contributed by atoms with Crippen molar-refractivity contribution in [1.29, 1.82) is 0 Å². The van der Waals surface area contributed by atoms with Crippen LogP contribution in [0, 0.1) is 11.8 Å². The lowest BCUT2D eigenvalue weighted by Gasteiger charge is -2.16. The van der Waals surface area contributed by atoms with Crippen LogP contribution < -0.4 is 10.1 Å². The zero-order valence-electron chi connectivity index (χ0n) is 12.5. The minimum absolute atomic E-state index is 0.174. The summed E-state index contributed by atoms with van der Waals surface area (Å²) >= 11 is 0. The van der Waals surface area contributed by atoms with Crippen LogP contribution in [0.3, 0.4) is 0 Å². The van der Waals surface area contributed by atoms with Gasteiger partial charge in [-0.05, 0) is 31.6 Å². The Kier molecular flexibility index (Phi) is 4.91. The van der Waals surface area contributed by atoms with Crippen molar-refractivity contribution < 1.29 is 9.84 Å². The van der Waals surface area contributed by atoms with E-state index >= 15 is 0 Å². The Morgan fingerprint density at radius 3 is 2.76 bits per heavy atom. The van der Waals surface area contributed by atoms with Gasteiger partial charge in [0.25, 0.3) is 0 Å². The van der Waals surface area contributed by atoms with E-state index < -0.39 is 0 Å². The van der Waals surface area contributed by atoms with Gasteiger partial charge in [-0.25, -0.2) is 0 Å². The average molecular weight is 291 g/mol. The van der Waals surface area contributed by atoms with Crippen LogP contribution in [-0.2, 0) is 0 Å². The summed E-state index contributed by atoms with van der Waals surface area (Å²) in [5, 5.41) is 13.1. The van der Waals surface area contributed by atoms with Crippen molar-refractivity contribution in [2.24, 2.45) is 11.8 Å². The molecule has 2 saturated carbocycles. The topological polar surface area (TPSA) is 67.3 Å². The Hall–Kier alpha value is -1.36. The fraction of sp³-hybridized carbons (Fsp3) is 0.750. The van der Waals surface area contributed by atoms with Crippen molar-refractivity contribution in [3.05, 3.63) is 12.4 Å². The molecule has 0 aliphatic heterocycles. The highest BCUT2D eigenvalue weighted by atomic mass is 16.5. The summed E-state index contributed by atoms with van der Waals surface area (Å²) in [7, 11) is 0. The first-order chi connectivity index (χ1) is 10.3. The molecule has 0 spiro atoms. The number of hydrogen-bond donors (Lipinski definition) is 2. The first-order valence-corrected chi connectivity index (χ1v) is 8.18. The maximum Gasteiger partial charge on any atom is 0.234 e. The van der Waals surface area contributed by atoms with E-state index in [4.69, 9.17) is 4.74 Å². The number of ether oxygens (including phenoxy) is 1. The molecule has 0 aromatic carbocycles. The highest BCUT2D eigenvalue weighted by Crippen LogP contribution is 2.26. The molecule has 5 heteroatoms. The lowest BCUT2D eigenvalue weighted by molar-refractivity contribution is 0.138. The zero-order valence-corrected chi connectivity index (χ0v) is 12.5. The van der Waals surface area contributed by atoms with Crippen LogP contribution >= 0.6 is 0 Å². The maximum atomic E-state index is 9.83. The minimum Gasteiger partial charge on any atom is -0.476 e. The van der Waals surface area contributed by atoms with E-state index in [9.17, 15) is 5.11 Å². The monoisotopic (exact) mass is 291 g/mol. The SMILES string of the molecule is OC1CCCC1CNc1cncc(OCC2CCCC2)n1. The van der Waals surface area contributed by atoms with Gasteiger partial charge in [-0.2, -0.15) is 4.98 Å². The van der Waals surface area contributed by atoms with Gasteiger partial charge in [0.2, 0.25) is 5.88 Å². The third-order valence-corrected chi connectivity index (χ3v) is 4.72. The molecule has 0 amide bonds. The number of aliphatic hydroxyl groups is 1. The van der Waals surface area contributed by atoms with Gasteiger partial charge in [-0.1, -0.05) is 19.3 Å². The van der Waals surface area contributed by atoms with Gasteiger partial charge in [-0.3, -0.25) is 4.98 Å². The van der Waals surface area contributed by atoms with E-state index in [1.165, 1.54) is 25.7 Å². The van der Waals surface area contributed by atoms with Gasteiger partial charge in [0.15, 0.2) is 0 Å². The number of rotatable bonds is 6. The second-order valence-electron chi connectivity index (χ2n) is 6.34. The molecule has 21 heavy (non-hydrogen) atoms. The molecule has 2 unspecified atom stereocenters. The number of nitrogens with one attached hydrogen (secondary N) is 1. The van der Waals surface area contributed by atoms with Crippen molar-refractivity contribution in [2.45, 2.75) is 51.0 Å². The van der Waals surface area contributed by atoms with Crippen LogP contribution in [0.15, 0.2) is 12.4 Å². The third-order valence-electron chi connectivity index (χ3n) is 4.72. The molecule has 0 radical (unpaired) electrons. The van der Waals surface area contributed by atoms with E-state index in [1.807, 2.05) is 0 Å². The predicted molar refractivity (Wildman–Crippen MR) is 81.3 cm³/mol. The summed E-state index contributed by atoms with van der Waals surface area (Å²) in [6.45, 7) is 1.50. The number of anilines is 1. The zero-order chi connectivity index (χ0) is 14.5. The van der Waals surface area contributed by atoms with Crippen LogP contribution in [-0.4, -0.2) is 34.3 Å². The highest BCUT2D eigenvalue weighted by Gasteiger charge is 2.24. The fourth-order valence-electron chi connectivity index (χ4n) is 3.37. The van der Waals surface area contributed by atoms with Crippen LogP contribution in [0.4, 0.5) is 5.82 Å². The van der Waals surface area contributed by atoms with E-state index in [1.54, 1.807) is 12.4 Å². The van der Waals surface area contributed by atoms with E-state index in [2.05, 4.69) is 15.3 Å². The molecule has 116 valence electrons. The van der Waals surface area contributed by atoms with Gasteiger partial charge in [0.05, 0.1) is 25.1 Å². The highest BCUT2D eigenvalue weighted by molar-refractivity contribution is 5.33. The van der Waals surface area contributed by atoms with Crippen LogP contribution in [0.25, 0.3) is 0 Å².